The third-order valence-corrected chi connectivity index (χ3v) is 15.2. The van der Waals surface area contributed by atoms with Crippen molar-refractivity contribution in [1.29, 1.82) is 0 Å². The van der Waals surface area contributed by atoms with Crippen LogP contribution in [0.3, 0.4) is 0 Å². The van der Waals surface area contributed by atoms with Gasteiger partial charge in [-0.2, -0.15) is 9.97 Å². The SMILES string of the molecule is O=C(O)CCCC1CCN(c2nc(CCCCCCCCC(=O)NCCCC[C@H](NC(=O)N[C@@H](CCC(=O)O)C(=O)O)C(=O)O)nc(Cc3ccc(CC4CN(CC(=O)O)CCN(CC(=O)O)CCN(CC(=O)O)CCN4CC(=O)O)cc3)n2)CC1.[Lu]. The molecular formula is C57H87LuN11O18. The summed E-state index contributed by atoms with van der Waals surface area (Å²) in [5.74, 6) is -7.15. The number of rotatable bonds is 38. The largest absolute Gasteiger partial charge is 0.481 e. The maximum absolute atomic E-state index is 12.5. The molecule has 0 bridgehead atoms. The van der Waals surface area contributed by atoms with Gasteiger partial charge in [-0.15, -0.1) is 0 Å². The van der Waals surface area contributed by atoms with Gasteiger partial charge in [0.2, 0.25) is 11.9 Å². The minimum absolute atomic E-state index is 0. The van der Waals surface area contributed by atoms with Gasteiger partial charge in [0.25, 0.3) is 0 Å². The van der Waals surface area contributed by atoms with E-state index in [2.05, 4.69) is 20.9 Å². The minimum atomic E-state index is -1.51. The summed E-state index contributed by atoms with van der Waals surface area (Å²) in [6, 6.07) is 3.32. The van der Waals surface area contributed by atoms with Gasteiger partial charge < -0.3 is 61.7 Å². The molecule has 2 aromatic rings. The van der Waals surface area contributed by atoms with Gasteiger partial charge in [-0.3, -0.25) is 53.2 Å². The van der Waals surface area contributed by atoms with E-state index in [1.807, 2.05) is 24.3 Å². The summed E-state index contributed by atoms with van der Waals surface area (Å²) in [6.07, 6.45) is 9.88. The van der Waals surface area contributed by atoms with Crippen molar-refractivity contribution in [2.24, 2.45) is 5.92 Å². The molecule has 29 nitrogen and oxygen atoms in total. The van der Waals surface area contributed by atoms with Gasteiger partial charge in [0.15, 0.2) is 0 Å². The van der Waals surface area contributed by atoms with Crippen molar-refractivity contribution in [3.05, 3.63) is 47.0 Å². The van der Waals surface area contributed by atoms with Crippen LogP contribution in [-0.2, 0) is 62.4 Å². The molecule has 3 atom stereocenters. The van der Waals surface area contributed by atoms with E-state index in [9.17, 15) is 78.6 Å². The molecule has 493 valence electrons. The molecule has 1 aromatic carbocycles. The van der Waals surface area contributed by atoms with Crippen LogP contribution >= 0.6 is 0 Å². The van der Waals surface area contributed by atoms with E-state index in [1.165, 1.54) is 0 Å². The fraction of sp³-hybridized carbons (Fsp3) is 0.667. The van der Waals surface area contributed by atoms with E-state index in [0.717, 1.165) is 62.5 Å². The van der Waals surface area contributed by atoms with Gasteiger partial charge in [-0.1, -0.05) is 49.9 Å². The van der Waals surface area contributed by atoms with E-state index < -0.39 is 78.3 Å². The van der Waals surface area contributed by atoms with Crippen LogP contribution in [0.1, 0.15) is 132 Å². The molecule has 0 aliphatic carbocycles. The van der Waals surface area contributed by atoms with E-state index in [-0.39, 0.29) is 134 Å². The molecule has 11 N–H and O–H groups in total. The second kappa shape index (κ2) is 40.9. The Hall–Kier alpha value is -6.40. The zero-order chi connectivity index (χ0) is 63.0. The second-order valence-corrected chi connectivity index (χ2v) is 22.2. The van der Waals surface area contributed by atoms with Crippen molar-refractivity contribution in [3.8, 4) is 0 Å². The zero-order valence-electron chi connectivity index (χ0n) is 49.2. The van der Waals surface area contributed by atoms with E-state index in [1.54, 1.807) is 19.6 Å². The number of hydrogen-bond acceptors (Lipinski definition) is 18. The number of carboxylic acids is 8. The first kappa shape index (κ1) is 74.9. The fourth-order valence-corrected chi connectivity index (χ4v) is 10.6. The Bertz CT molecular complexity index is 2540. The van der Waals surface area contributed by atoms with Gasteiger partial charge in [-0.25, -0.2) is 19.4 Å². The van der Waals surface area contributed by atoms with Gasteiger partial charge in [0.05, 0.1) is 26.2 Å². The van der Waals surface area contributed by atoms with Crippen molar-refractivity contribution in [3.63, 3.8) is 0 Å². The van der Waals surface area contributed by atoms with Crippen molar-refractivity contribution < 1.29 is 126 Å². The average Bonchev–Trinajstić information content (AvgIpc) is 3.64. The maximum Gasteiger partial charge on any atom is 0.326 e. The number of nitrogens with one attached hydrogen (secondary N) is 3. The first-order valence-corrected chi connectivity index (χ1v) is 29.6. The van der Waals surface area contributed by atoms with Crippen molar-refractivity contribution in [2.45, 2.75) is 147 Å². The summed E-state index contributed by atoms with van der Waals surface area (Å²) in [5, 5.41) is 83.1. The number of urea groups is 1. The molecule has 3 amide bonds. The van der Waals surface area contributed by atoms with Gasteiger partial charge in [0.1, 0.15) is 23.7 Å². The van der Waals surface area contributed by atoms with Crippen LogP contribution in [0.5, 0.6) is 0 Å². The third-order valence-electron chi connectivity index (χ3n) is 15.2. The number of unbranched alkanes of at least 4 members (excludes halogenated alkanes) is 6. The van der Waals surface area contributed by atoms with E-state index in [4.69, 9.17) is 25.2 Å². The number of aryl methyl sites for hydroxylation is 1. The Morgan fingerprint density at radius 1 is 0.506 bits per heavy atom. The number of nitrogens with zero attached hydrogens (tertiary/aromatic N) is 8. The van der Waals surface area contributed by atoms with E-state index >= 15 is 0 Å². The summed E-state index contributed by atoms with van der Waals surface area (Å²) in [4.78, 5) is 141. The molecule has 0 spiro atoms. The Kier molecular flexibility index (Phi) is 35.2. The number of carbonyl (C=O) groups is 10. The first-order chi connectivity index (χ1) is 41.0. The topological polar surface area (TPSA) is 424 Å². The average molecular weight is 1390 g/mol. The molecule has 1 radical (unpaired) electrons. The van der Waals surface area contributed by atoms with Crippen LogP contribution in [0.15, 0.2) is 24.3 Å². The summed E-state index contributed by atoms with van der Waals surface area (Å²) in [6.45, 7) is 1.52. The monoisotopic (exact) mass is 1390 g/mol. The second-order valence-electron chi connectivity index (χ2n) is 22.2. The Morgan fingerprint density at radius 3 is 1.60 bits per heavy atom. The Labute approximate surface area is 534 Å². The predicted octanol–water partition coefficient (Wildman–Crippen LogP) is 2.03. The predicted molar refractivity (Wildman–Crippen MR) is 309 cm³/mol. The summed E-state index contributed by atoms with van der Waals surface area (Å²) in [7, 11) is 0. The van der Waals surface area contributed by atoms with Gasteiger partial charge in [-0.05, 0) is 87.7 Å². The van der Waals surface area contributed by atoms with Crippen LogP contribution in [0.4, 0.5) is 10.7 Å². The van der Waals surface area contributed by atoms with E-state index in [0.29, 0.717) is 94.5 Å². The number of hydrogen-bond donors (Lipinski definition) is 11. The Balaban J connectivity index is 0.0000198. The van der Waals surface area contributed by atoms with Gasteiger partial charge in [0, 0.05) is 140 Å². The van der Waals surface area contributed by atoms with Crippen molar-refractivity contribution in [1.82, 2.24) is 50.5 Å². The third kappa shape index (κ3) is 31.9. The zero-order valence-corrected chi connectivity index (χ0v) is 50.8. The number of aromatic nitrogens is 3. The van der Waals surface area contributed by atoms with Gasteiger partial charge >= 0.3 is 53.8 Å². The first-order valence-electron chi connectivity index (χ1n) is 29.6. The molecule has 0 saturated carbocycles. The summed E-state index contributed by atoms with van der Waals surface area (Å²) in [5.41, 5.74) is 1.74. The van der Waals surface area contributed by atoms with Crippen LogP contribution in [0.25, 0.3) is 0 Å². The number of amides is 3. The standard InChI is InChI=1S/C57H87N11O18.Lu/c69-47(58-23-8-7-11-43(54(82)83)59-57(86)60-44(55(84)85)19-20-49(72)73)13-6-4-2-1-3-5-12-45-61-46(63-56(62-45)67-24-21-39(22-25-67)10-9-14-48(70)71)33-41-17-15-40(16-18-41)32-42-34-66(37-52(78)79)29-28-64(35-50(74)75)26-27-65(36-51(76)77)30-31-68(42)38-53(80)81;/h15-18,39,42-44H,1-14,19-38H2,(H,58,69)(H,70,71)(H,72,73)(H,74,75)(H,76,77)(H,78,79)(H,80,81)(H,82,83)(H,84,85)(H2,59,60,86);/t42?,43-,44-;/m0./s1. The molecule has 1 unspecified atom stereocenters. The molecule has 30 heteroatoms. The summed E-state index contributed by atoms with van der Waals surface area (Å²) < 4.78 is 0. The van der Waals surface area contributed by atoms with Crippen molar-refractivity contribution >= 4 is 65.6 Å². The molecular weight excluding hydrogens is 1300 g/mol. The number of carboxylic acid groups (broad SMARTS) is 8. The molecule has 2 aliphatic rings. The Morgan fingerprint density at radius 2 is 1.02 bits per heavy atom. The molecule has 1 aromatic heterocycles. The normalized spacial score (nSPS) is 16.6. The number of carbonyl (C=O) groups excluding carboxylic acids is 2. The number of anilines is 1. The van der Waals surface area contributed by atoms with Crippen LogP contribution in [0, 0.1) is 42.8 Å². The maximum atomic E-state index is 12.5. The fourth-order valence-electron chi connectivity index (χ4n) is 10.6. The van der Waals surface area contributed by atoms with Crippen LogP contribution < -0.4 is 20.9 Å². The number of aliphatic carboxylic acids is 8. The number of benzene rings is 1. The summed E-state index contributed by atoms with van der Waals surface area (Å²) >= 11 is 0. The molecule has 4 rings (SSSR count). The smallest absolute Gasteiger partial charge is 0.326 e. The molecule has 2 fully saturated rings. The molecule has 2 aliphatic heterocycles. The van der Waals surface area contributed by atoms with Crippen LogP contribution in [-0.4, -0.2) is 245 Å². The minimum Gasteiger partial charge on any atom is -0.481 e. The number of piperidine rings is 1. The van der Waals surface area contributed by atoms with Crippen LogP contribution in [0.2, 0.25) is 0 Å². The molecule has 3 heterocycles. The van der Waals surface area contributed by atoms with Crippen molar-refractivity contribution in [2.75, 3.05) is 96.5 Å². The molecule has 87 heavy (non-hydrogen) atoms. The quantitative estimate of drug-likeness (QED) is 0.0428. The molecule has 2 saturated heterocycles.